The van der Waals surface area contributed by atoms with Gasteiger partial charge in [0, 0.05) is 62.4 Å². The van der Waals surface area contributed by atoms with Gasteiger partial charge in [0.15, 0.2) is 5.78 Å². The third kappa shape index (κ3) is 3.72. The first kappa shape index (κ1) is 17.8. The molecular formula is C19H25ClN4O2. The number of ketones is 1. The Morgan fingerprint density at radius 1 is 1.08 bits per heavy atom. The van der Waals surface area contributed by atoms with Crippen molar-refractivity contribution in [3.8, 4) is 0 Å². The minimum absolute atomic E-state index is 0.0955. The van der Waals surface area contributed by atoms with Gasteiger partial charge in [-0.1, -0.05) is 11.6 Å². The Kier molecular flexibility index (Phi) is 5.16. The summed E-state index contributed by atoms with van der Waals surface area (Å²) >= 11 is 5.97. The predicted octanol–water partition coefficient (Wildman–Crippen LogP) is 0.994. The summed E-state index contributed by atoms with van der Waals surface area (Å²) in [5.41, 5.74) is 1.21. The summed E-state index contributed by atoms with van der Waals surface area (Å²) in [6.07, 6.45) is 1.35. The van der Waals surface area contributed by atoms with Gasteiger partial charge in [-0.25, -0.2) is 0 Å². The molecule has 1 aromatic rings. The van der Waals surface area contributed by atoms with Gasteiger partial charge in [0.1, 0.15) is 0 Å². The minimum atomic E-state index is -0.139. The Bertz CT molecular complexity index is 673. The number of rotatable bonds is 3. The fraction of sp³-hybridized carbons (Fsp3) is 0.579. The highest BCUT2D eigenvalue weighted by Crippen LogP contribution is 2.22. The summed E-state index contributed by atoms with van der Waals surface area (Å²) in [5.74, 6) is 0.268. The molecule has 26 heavy (non-hydrogen) atoms. The highest BCUT2D eigenvalue weighted by molar-refractivity contribution is 6.30. The number of Topliss-reactive ketones (excluding diaryl/α,β-unsaturated/α-hetero) is 1. The largest absolute Gasteiger partial charge is 0.369 e. The molecule has 0 unspecified atom stereocenters. The van der Waals surface area contributed by atoms with Crippen molar-refractivity contribution in [3.05, 3.63) is 29.3 Å². The summed E-state index contributed by atoms with van der Waals surface area (Å²) in [6.45, 7) is 5.69. The molecule has 1 amide bonds. The molecule has 3 saturated heterocycles. The van der Waals surface area contributed by atoms with Gasteiger partial charge in [0.05, 0.1) is 12.6 Å². The second kappa shape index (κ2) is 7.55. The predicted molar refractivity (Wildman–Crippen MR) is 102 cm³/mol. The van der Waals surface area contributed by atoms with E-state index < -0.39 is 0 Å². The lowest BCUT2D eigenvalue weighted by Gasteiger charge is -2.39. The summed E-state index contributed by atoms with van der Waals surface area (Å²) in [4.78, 5) is 30.6. The van der Waals surface area contributed by atoms with Crippen molar-refractivity contribution in [2.75, 3.05) is 50.7 Å². The van der Waals surface area contributed by atoms with Crippen LogP contribution in [0.1, 0.15) is 12.8 Å². The number of amides is 1. The molecule has 0 bridgehead atoms. The molecule has 3 aliphatic heterocycles. The van der Waals surface area contributed by atoms with Gasteiger partial charge in [0.25, 0.3) is 0 Å². The molecule has 2 atom stereocenters. The van der Waals surface area contributed by atoms with Gasteiger partial charge in [-0.3, -0.25) is 14.5 Å². The van der Waals surface area contributed by atoms with Crippen LogP contribution in [0.25, 0.3) is 0 Å². The fourth-order valence-electron chi connectivity index (χ4n) is 4.22. The van der Waals surface area contributed by atoms with E-state index in [2.05, 4.69) is 27.2 Å². The fourth-order valence-corrected chi connectivity index (χ4v) is 4.35. The van der Waals surface area contributed by atoms with E-state index in [0.717, 1.165) is 44.2 Å². The number of halogens is 1. The lowest BCUT2D eigenvalue weighted by Crippen LogP contribution is -2.51. The summed E-state index contributed by atoms with van der Waals surface area (Å²) < 4.78 is 0. The highest BCUT2D eigenvalue weighted by atomic mass is 35.5. The topological polar surface area (TPSA) is 55.9 Å². The molecule has 3 fully saturated rings. The Hall–Kier alpha value is -1.63. The zero-order valence-electron chi connectivity index (χ0n) is 14.9. The maximum absolute atomic E-state index is 12.6. The highest BCUT2D eigenvalue weighted by Gasteiger charge is 2.37. The lowest BCUT2D eigenvalue weighted by atomic mass is 10.1. The SMILES string of the molecule is O=C1CCN(C(=O)[C@@H]2C[C@H](N3CCN(c4ccc(Cl)cc4)CC3)CN2)C1. The van der Waals surface area contributed by atoms with Crippen molar-refractivity contribution in [3.63, 3.8) is 0 Å². The number of anilines is 1. The molecule has 1 N–H and O–H groups in total. The van der Waals surface area contributed by atoms with Crippen LogP contribution in [0.2, 0.25) is 5.02 Å². The van der Waals surface area contributed by atoms with Crippen molar-refractivity contribution in [1.29, 1.82) is 0 Å². The van der Waals surface area contributed by atoms with E-state index in [-0.39, 0.29) is 17.7 Å². The quantitative estimate of drug-likeness (QED) is 0.852. The summed E-state index contributed by atoms with van der Waals surface area (Å²) in [6, 6.07) is 8.27. The van der Waals surface area contributed by atoms with Crippen molar-refractivity contribution in [2.45, 2.75) is 24.9 Å². The molecule has 0 aliphatic carbocycles. The van der Waals surface area contributed by atoms with Gasteiger partial charge in [-0.15, -0.1) is 0 Å². The molecule has 0 aromatic heterocycles. The number of nitrogens with zero attached hydrogens (tertiary/aromatic N) is 3. The third-order valence-corrected chi connectivity index (χ3v) is 6.02. The lowest BCUT2D eigenvalue weighted by molar-refractivity contribution is -0.133. The normalized spacial score (nSPS) is 27.3. The van der Waals surface area contributed by atoms with Gasteiger partial charge in [-0.2, -0.15) is 0 Å². The third-order valence-electron chi connectivity index (χ3n) is 5.77. The smallest absolute Gasteiger partial charge is 0.240 e. The number of piperazine rings is 1. The average molecular weight is 377 g/mol. The standard InChI is InChI=1S/C19H25ClN4O2/c20-14-1-3-15(4-2-14)22-7-9-23(10-8-22)16-11-18(21-12-16)19(26)24-6-5-17(25)13-24/h1-4,16,18,21H,5-13H2/t16-,18-/m0/s1. The molecule has 0 radical (unpaired) electrons. The number of carbonyl (C=O) groups excluding carboxylic acids is 2. The van der Waals surface area contributed by atoms with E-state index in [0.29, 0.717) is 25.6 Å². The van der Waals surface area contributed by atoms with E-state index in [1.54, 1.807) is 4.90 Å². The van der Waals surface area contributed by atoms with Crippen molar-refractivity contribution in [2.24, 2.45) is 0 Å². The van der Waals surface area contributed by atoms with Crippen molar-refractivity contribution >= 4 is 29.0 Å². The van der Waals surface area contributed by atoms with Crippen LogP contribution in [-0.4, -0.2) is 79.4 Å². The monoisotopic (exact) mass is 376 g/mol. The van der Waals surface area contributed by atoms with Gasteiger partial charge in [-0.05, 0) is 30.7 Å². The first-order chi connectivity index (χ1) is 12.6. The number of carbonyl (C=O) groups is 2. The number of hydrogen-bond acceptors (Lipinski definition) is 5. The zero-order valence-corrected chi connectivity index (χ0v) is 15.6. The van der Waals surface area contributed by atoms with E-state index in [1.165, 1.54) is 5.69 Å². The van der Waals surface area contributed by atoms with Crippen molar-refractivity contribution < 1.29 is 9.59 Å². The number of nitrogens with one attached hydrogen (secondary N) is 1. The molecule has 7 heteroatoms. The molecule has 3 heterocycles. The number of benzene rings is 1. The first-order valence-corrected chi connectivity index (χ1v) is 9.76. The van der Waals surface area contributed by atoms with Crippen LogP contribution >= 0.6 is 11.6 Å². The molecule has 0 saturated carbocycles. The van der Waals surface area contributed by atoms with Crippen LogP contribution in [0.5, 0.6) is 0 Å². The second-order valence-corrected chi connectivity index (χ2v) is 7.83. The molecule has 1 aromatic carbocycles. The minimum Gasteiger partial charge on any atom is -0.369 e. The molecule has 140 valence electrons. The number of hydrogen-bond donors (Lipinski definition) is 1. The maximum atomic E-state index is 12.6. The molecular weight excluding hydrogens is 352 g/mol. The molecule has 0 spiro atoms. The van der Waals surface area contributed by atoms with Crippen LogP contribution < -0.4 is 10.2 Å². The Morgan fingerprint density at radius 3 is 2.46 bits per heavy atom. The Labute approximate surface area is 159 Å². The van der Waals surface area contributed by atoms with Crippen LogP contribution in [0.3, 0.4) is 0 Å². The molecule has 4 rings (SSSR count). The van der Waals surface area contributed by atoms with E-state index >= 15 is 0 Å². The Balaban J connectivity index is 1.28. The Morgan fingerprint density at radius 2 is 1.81 bits per heavy atom. The van der Waals surface area contributed by atoms with Gasteiger partial charge < -0.3 is 15.1 Å². The summed E-state index contributed by atoms with van der Waals surface area (Å²) in [7, 11) is 0. The molecule has 3 aliphatic rings. The maximum Gasteiger partial charge on any atom is 0.240 e. The van der Waals surface area contributed by atoms with Crippen LogP contribution in [-0.2, 0) is 9.59 Å². The zero-order chi connectivity index (χ0) is 18.1. The summed E-state index contributed by atoms with van der Waals surface area (Å²) in [5, 5.41) is 4.14. The van der Waals surface area contributed by atoms with E-state index in [9.17, 15) is 9.59 Å². The first-order valence-electron chi connectivity index (χ1n) is 9.38. The molecule has 6 nitrogen and oxygen atoms in total. The van der Waals surface area contributed by atoms with Crippen LogP contribution in [0, 0.1) is 0 Å². The van der Waals surface area contributed by atoms with Crippen LogP contribution in [0.4, 0.5) is 5.69 Å². The second-order valence-electron chi connectivity index (χ2n) is 7.40. The van der Waals surface area contributed by atoms with Gasteiger partial charge in [0.2, 0.25) is 5.91 Å². The van der Waals surface area contributed by atoms with E-state index in [1.807, 2.05) is 12.1 Å². The van der Waals surface area contributed by atoms with Gasteiger partial charge >= 0.3 is 0 Å². The van der Waals surface area contributed by atoms with Crippen molar-refractivity contribution in [1.82, 2.24) is 15.1 Å². The average Bonchev–Trinajstić information content (AvgIpc) is 3.31. The van der Waals surface area contributed by atoms with E-state index in [4.69, 9.17) is 11.6 Å². The number of likely N-dealkylation sites (tertiary alicyclic amines) is 1. The van der Waals surface area contributed by atoms with Crippen LogP contribution in [0.15, 0.2) is 24.3 Å².